The van der Waals surface area contributed by atoms with Crippen LogP contribution in [0.25, 0.3) is 0 Å². The van der Waals surface area contributed by atoms with Gasteiger partial charge in [-0.3, -0.25) is 0 Å². The maximum absolute atomic E-state index is 11.9. The van der Waals surface area contributed by atoms with Crippen LogP contribution in [0.3, 0.4) is 0 Å². The van der Waals surface area contributed by atoms with Crippen molar-refractivity contribution in [2.75, 3.05) is 7.11 Å². The van der Waals surface area contributed by atoms with E-state index in [0.29, 0.717) is 24.5 Å². The van der Waals surface area contributed by atoms with Crippen LogP contribution in [-0.2, 0) is 16.1 Å². The first-order valence-corrected chi connectivity index (χ1v) is 7.61. The van der Waals surface area contributed by atoms with Gasteiger partial charge < -0.3 is 14.2 Å². The lowest BCUT2D eigenvalue weighted by Gasteiger charge is -2.26. The molecule has 4 heteroatoms. The molecule has 23 heavy (non-hydrogen) atoms. The van der Waals surface area contributed by atoms with Crippen LogP contribution in [0.4, 0.5) is 0 Å². The van der Waals surface area contributed by atoms with Crippen LogP contribution < -0.4 is 9.47 Å². The number of carbonyl (C=O) groups is 1. The van der Waals surface area contributed by atoms with Gasteiger partial charge in [-0.05, 0) is 31.0 Å². The smallest absolute Gasteiger partial charge is 0.349 e. The third kappa shape index (κ3) is 4.49. The highest BCUT2D eigenvalue weighted by molar-refractivity contribution is 5.79. The van der Waals surface area contributed by atoms with Gasteiger partial charge in [-0.2, -0.15) is 0 Å². The van der Waals surface area contributed by atoms with Crippen molar-refractivity contribution >= 4 is 5.97 Å². The zero-order valence-electron chi connectivity index (χ0n) is 13.7. The number of methoxy groups -OCH3 is 1. The largest absolute Gasteiger partial charge is 0.489 e. The molecule has 0 N–H and O–H groups in total. The molecule has 0 radical (unpaired) electrons. The molecule has 0 amide bonds. The topological polar surface area (TPSA) is 44.8 Å². The maximum atomic E-state index is 11.9. The van der Waals surface area contributed by atoms with Gasteiger partial charge in [-0.1, -0.05) is 43.3 Å². The number of ether oxygens (including phenoxy) is 3. The Bertz CT molecular complexity index is 639. The number of hydrogen-bond donors (Lipinski definition) is 0. The molecule has 0 saturated carbocycles. The van der Waals surface area contributed by atoms with E-state index in [1.807, 2.05) is 49.4 Å². The highest BCUT2D eigenvalue weighted by atomic mass is 16.6. The minimum Gasteiger partial charge on any atom is -0.489 e. The molecular formula is C19H22O4. The summed E-state index contributed by atoms with van der Waals surface area (Å²) < 4.78 is 16.4. The Labute approximate surface area is 137 Å². The third-order valence-electron chi connectivity index (χ3n) is 3.69. The van der Waals surface area contributed by atoms with E-state index >= 15 is 0 Å². The van der Waals surface area contributed by atoms with Crippen LogP contribution >= 0.6 is 0 Å². The van der Waals surface area contributed by atoms with Crippen molar-refractivity contribution in [3.8, 4) is 11.5 Å². The van der Waals surface area contributed by atoms with E-state index in [4.69, 9.17) is 14.2 Å². The molecule has 0 unspecified atom stereocenters. The average molecular weight is 314 g/mol. The fourth-order valence-electron chi connectivity index (χ4n) is 2.10. The molecule has 0 aromatic heterocycles. The molecule has 4 nitrogen and oxygen atoms in total. The normalized spacial score (nSPS) is 13.0. The maximum Gasteiger partial charge on any atom is 0.349 e. The van der Waals surface area contributed by atoms with Crippen LogP contribution in [0, 0.1) is 0 Å². The summed E-state index contributed by atoms with van der Waals surface area (Å²) >= 11 is 0. The monoisotopic (exact) mass is 314 g/mol. The summed E-state index contributed by atoms with van der Waals surface area (Å²) in [5.74, 6) is 0.871. The summed E-state index contributed by atoms with van der Waals surface area (Å²) in [6.07, 6.45) is 0.509. The Morgan fingerprint density at radius 3 is 2.39 bits per heavy atom. The van der Waals surface area contributed by atoms with Crippen LogP contribution in [-0.4, -0.2) is 18.7 Å². The minimum atomic E-state index is -1.01. The first kappa shape index (κ1) is 16.9. The van der Waals surface area contributed by atoms with E-state index in [-0.39, 0.29) is 0 Å². The van der Waals surface area contributed by atoms with E-state index in [0.717, 1.165) is 5.56 Å². The Morgan fingerprint density at radius 1 is 1.04 bits per heavy atom. The van der Waals surface area contributed by atoms with Crippen molar-refractivity contribution in [3.05, 3.63) is 60.2 Å². The molecule has 1 atom stereocenters. The second kappa shape index (κ2) is 7.68. The van der Waals surface area contributed by atoms with Crippen LogP contribution in [0.5, 0.6) is 11.5 Å². The zero-order valence-corrected chi connectivity index (χ0v) is 13.7. The van der Waals surface area contributed by atoms with Crippen molar-refractivity contribution in [3.63, 3.8) is 0 Å². The van der Waals surface area contributed by atoms with E-state index in [2.05, 4.69) is 0 Å². The second-order valence-electron chi connectivity index (χ2n) is 5.43. The fourth-order valence-corrected chi connectivity index (χ4v) is 2.10. The second-order valence-corrected chi connectivity index (χ2v) is 5.43. The molecule has 0 saturated heterocycles. The highest BCUT2D eigenvalue weighted by Gasteiger charge is 2.35. The van der Waals surface area contributed by atoms with Crippen molar-refractivity contribution in [2.24, 2.45) is 0 Å². The number of esters is 1. The molecule has 0 heterocycles. The molecule has 2 rings (SSSR count). The molecule has 122 valence electrons. The molecule has 0 bridgehead atoms. The standard InChI is InChI=1S/C19H22O4/c1-4-19(2,18(20)21-3)23-17-12-8-11-16(13-17)22-14-15-9-6-5-7-10-15/h5-13H,4,14H2,1-3H3/t19-/m0/s1. The van der Waals surface area contributed by atoms with Gasteiger partial charge in [0.2, 0.25) is 5.60 Å². The molecule has 0 spiro atoms. The Morgan fingerprint density at radius 2 is 1.74 bits per heavy atom. The highest BCUT2D eigenvalue weighted by Crippen LogP contribution is 2.26. The van der Waals surface area contributed by atoms with Gasteiger partial charge in [0.1, 0.15) is 18.1 Å². The lowest BCUT2D eigenvalue weighted by Crippen LogP contribution is -2.41. The van der Waals surface area contributed by atoms with E-state index in [1.54, 1.807) is 19.1 Å². The van der Waals surface area contributed by atoms with E-state index in [1.165, 1.54) is 7.11 Å². The van der Waals surface area contributed by atoms with Gasteiger partial charge in [-0.15, -0.1) is 0 Å². The van der Waals surface area contributed by atoms with E-state index in [9.17, 15) is 4.79 Å². The van der Waals surface area contributed by atoms with Crippen molar-refractivity contribution < 1.29 is 19.0 Å². The number of benzene rings is 2. The van der Waals surface area contributed by atoms with Gasteiger partial charge >= 0.3 is 5.97 Å². The van der Waals surface area contributed by atoms with Crippen LogP contribution in [0.2, 0.25) is 0 Å². The van der Waals surface area contributed by atoms with Crippen molar-refractivity contribution in [1.29, 1.82) is 0 Å². The lowest BCUT2D eigenvalue weighted by atomic mass is 10.0. The summed E-state index contributed by atoms with van der Waals surface area (Å²) in [5.41, 5.74) is 0.0825. The third-order valence-corrected chi connectivity index (χ3v) is 3.69. The van der Waals surface area contributed by atoms with Crippen LogP contribution in [0.15, 0.2) is 54.6 Å². The van der Waals surface area contributed by atoms with Crippen LogP contribution in [0.1, 0.15) is 25.8 Å². The fraction of sp³-hybridized carbons (Fsp3) is 0.316. The van der Waals surface area contributed by atoms with Gasteiger partial charge in [0.05, 0.1) is 7.11 Å². The molecule has 2 aromatic carbocycles. The summed E-state index contributed by atoms with van der Waals surface area (Å²) in [5, 5.41) is 0. The Kier molecular flexibility index (Phi) is 5.63. The summed E-state index contributed by atoms with van der Waals surface area (Å²) in [6, 6.07) is 17.2. The van der Waals surface area contributed by atoms with Gasteiger partial charge in [0.15, 0.2) is 0 Å². The Balaban J connectivity index is 2.06. The molecule has 0 fully saturated rings. The summed E-state index contributed by atoms with van der Waals surface area (Å²) in [6.45, 7) is 4.08. The van der Waals surface area contributed by atoms with Crippen molar-refractivity contribution in [1.82, 2.24) is 0 Å². The first-order chi connectivity index (χ1) is 11.1. The molecule has 2 aromatic rings. The van der Waals surface area contributed by atoms with Gasteiger partial charge in [0, 0.05) is 6.07 Å². The number of carbonyl (C=O) groups excluding carboxylic acids is 1. The predicted molar refractivity (Wildman–Crippen MR) is 88.6 cm³/mol. The molecule has 0 aliphatic heterocycles. The lowest BCUT2D eigenvalue weighted by molar-refractivity contribution is -0.157. The Hall–Kier alpha value is -2.49. The number of hydrogen-bond acceptors (Lipinski definition) is 4. The number of rotatable bonds is 7. The summed E-state index contributed by atoms with van der Waals surface area (Å²) in [7, 11) is 1.36. The summed E-state index contributed by atoms with van der Waals surface area (Å²) in [4.78, 5) is 11.9. The SMILES string of the molecule is CC[C@](C)(Oc1cccc(OCc2ccccc2)c1)C(=O)OC. The quantitative estimate of drug-likeness (QED) is 0.725. The average Bonchev–Trinajstić information content (AvgIpc) is 2.60. The van der Waals surface area contributed by atoms with Gasteiger partial charge in [0.25, 0.3) is 0 Å². The predicted octanol–water partition coefficient (Wildman–Crippen LogP) is 3.99. The van der Waals surface area contributed by atoms with Gasteiger partial charge in [-0.25, -0.2) is 4.79 Å². The van der Waals surface area contributed by atoms with E-state index < -0.39 is 11.6 Å². The molecule has 0 aliphatic rings. The first-order valence-electron chi connectivity index (χ1n) is 7.61. The minimum absolute atomic E-state index is 0.393. The molecule has 0 aliphatic carbocycles. The van der Waals surface area contributed by atoms with Crippen molar-refractivity contribution in [2.45, 2.75) is 32.5 Å². The zero-order chi connectivity index (χ0) is 16.7. The molecular weight excluding hydrogens is 292 g/mol.